The molecule has 4 heterocycles. The number of carbonyl (C=O) groups excluding carboxylic acids is 2. The molecule has 0 bridgehead atoms. The molecule has 0 radical (unpaired) electrons. The number of aromatic nitrogens is 3. The fourth-order valence-corrected chi connectivity index (χ4v) is 8.98. The van der Waals surface area contributed by atoms with Gasteiger partial charge in [0, 0.05) is 54.2 Å². The fraction of sp³-hybridized carbons (Fsp3) is 0.615. The third-order valence-electron chi connectivity index (χ3n) is 8.43. The van der Waals surface area contributed by atoms with Crippen LogP contribution in [0, 0.1) is 5.92 Å². The molecule has 2 saturated heterocycles. The first-order valence-electron chi connectivity index (χ1n) is 13.8. The van der Waals surface area contributed by atoms with Crippen molar-refractivity contribution in [3.8, 4) is 0 Å². The number of aliphatic hydroxyl groups is 5. The Hall–Kier alpha value is -2.83. The average Bonchev–Trinajstić information content (AvgIpc) is 3.58. The number of aliphatic hydroxyl groups excluding tert-OH is 5. The molecule has 14 nitrogen and oxygen atoms in total. The molecule has 3 aliphatic heterocycles. The largest absolute Gasteiger partial charge is 0.396 e. The van der Waals surface area contributed by atoms with Crippen LogP contribution in [-0.4, -0.2) is 104 Å². The zero-order valence-electron chi connectivity index (χ0n) is 23.3. The van der Waals surface area contributed by atoms with Crippen molar-refractivity contribution < 1.29 is 48.7 Å². The van der Waals surface area contributed by atoms with Crippen molar-refractivity contribution in [1.82, 2.24) is 15.0 Å². The number of hydrogen-bond donors (Lipinski definition) is 7. The second-order valence-electron chi connectivity index (χ2n) is 11.6. The number of ether oxygens (including phenoxy) is 2. The van der Waals surface area contributed by atoms with Gasteiger partial charge in [-0.05, 0) is 37.7 Å². The van der Waals surface area contributed by atoms with Gasteiger partial charge in [0.25, 0.3) is 11.8 Å². The van der Waals surface area contributed by atoms with Crippen LogP contribution in [0.3, 0.4) is 0 Å². The maximum Gasteiger partial charge on any atom is 0.261 e. The summed E-state index contributed by atoms with van der Waals surface area (Å²) in [5, 5.41) is 62.3. The predicted molar refractivity (Wildman–Crippen MR) is 146 cm³/mol. The highest BCUT2D eigenvalue weighted by atomic mass is 28.4. The summed E-state index contributed by atoms with van der Waals surface area (Å²) in [6.07, 6.45) is -7.22. The van der Waals surface area contributed by atoms with Gasteiger partial charge in [0.15, 0.2) is 18.0 Å². The first-order chi connectivity index (χ1) is 19.8. The molecule has 230 valence electrons. The van der Waals surface area contributed by atoms with Crippen LogP contribution >= 0.6 is 0 Å². The van der Waals surface area contributed by atoms with E-state index >= 15 is 4.11 Å². The molecule has 2 aromatic rings. The third-order valence-corrected chi connectivity index (χ3v) is 10.9. The van der Waals surface area contributed by atoms with Crippen LogP contribution < -0.4 is 10.6 Å². The van der Waals surface area contributed by atoms with Crippen molar-refractivity contribution in [2.45, 2.75) is 87.4 Å². The SMILES string of the molecule is C[C@H]1[C@H]([Si](C)(C)F)[C@@H](CCn2cc(CCO)nn2)O[C@]12C(=O)Nc1ccc(NC(=O)[C@H]3O[C@@H](O)[C@H](O)[C@@H](O)[C@@H]3O)cc12. The van der Waals surface area contributed by atoms with Crippen molar-refractivity contribution >= 4 is 31.6 Å². The molecule has 0 aliphatic carbocycles. The molecule has 3 aliphatic rings. The standard InChI is InChI=1S/C26H36FN5O9Si/c1-12-22(42(2,3)27)17(6-8-32-11-14(7-9-33)30-31-32)41-26(12)15-10-13(4-5-16(15)29-25(26)39)28-23(37)21-19(35)18(34)20(36)24(38)40-21/h4-5,10-12,17-22,24,33-36,38H,6-9H2,1-3H3,(H,28,37)(H,29,39)/t12-,17+,18-,19-,20+,21-,22-,24+,26+/m0/s1. The quantitative estimate of drug-likeness (QED) is 0.148. The number of aryl methyl sites for hydroxylation is 1. The number of nitrogens with one attached hydrogen (secondary N) is 2. The molecule has 0 unspecified atom stereocenters. The van der Waals surface area contributed by atoms with Crippen molar-refractivity contribution in [3.05, 3.63) is 35.7 Å². The van der Waals surface area contributed by atoms with Gasteiger partial charge in [-0.15, -0.1) is 5.10 Å². The lowest BCUT2D eigenvalue weighted by atomic mass is 9.82. The molecule has 42 heavy (non-hydrogen) atoms. The maximum absolute atomic E-state index is 15.9. The zero-order chi connectivity index (χ0) is 30.6. The molecular formula is C26H36FN5O9Si. The summed E-state index contributed by atoms with van der Waals surface area (Å²) < 4.78 is 29.0. The monoisotopic (exact) mass is 609 g/mol. The highest BCUT2D eigenvalue weighted by Gasteiger charge is 2.65. The number of fused-ring (bicyclic) bond motifs is 2. The second kappa shape index (κ2) is 11.3. The van der Waals surface area contributed by atoms with Gasteiger partial charge in [-0.2, -0.15) is 0 Å². The van der Waals surface area contributed by atoms with Crippen LogP contribution in [0.15, 0.2) is 24.4 Å². The van der Waals surface area contributed by atoms with Crippen molar-refractivity contribution in [2.24, 2.45) is 5.92 Å². The van der Waals surface area contributed by atoms with E-state index in [0.717, 1.165) is 0 Å². The van der Waals surface area contributed by atoms with Gasteiger partial charge in [0.05, 0.1) is 11.8 Å². The Labute approximate surface area is 241 Å². The minimum Gasteiger partial charge on any atom is -0.396 e. The van der Waals surface area contributed by atoms with E-state index in [1.165, 1.54) is 12.1 Å². The first-order valence-corrected chi connectivity index (χ1v) is 16.7. The average molecular weight is 610 g/mol. The molecule has 9 atom stereocenters. The minimum absolute atomic E-state index is 0.0631. The molecule has 16 heteroatoms. The summed E-state index contributed by atoms with van der Waals surface area (Å²) in [6, 6.07) is 4.60. The number of nitrogens with zero attached hydrogens (tertiary/aromatic N) is 3. The molecule has 0 saturated carbocycles. The lowest BCUT2D eigenvalue weighted by Gasteiger charge is -2.37. The van der Waals surface area contributed by atoms with E-state index in [1.54, 1.807) is 37.0 Å². The van der Waals surface area contributed by atoms with Crippen LogP contribution in [0.25, 0.3) is 0 Å². The molecule has 2 fully saturated rings. The number of rotatable bonds is 8. The number of hydrogen-bond acceptors (Lipinski definition) is 11. The predicted octanol–water partition coefficient (Wildman–Crippen LogP) is -0.631. The van der Waals surface area contributed by atoms with E-state index in [0.29, 0.717) is 36.3 Å². The summed E-state index contributed by atoms with van der Waals surface area (Å²) in [6.45, 7) is 5.24. The van der Waals surface area contributed by atoms with Crippen LogP contribution in [0.5, 0.6) is 0 Å². The topological polar surface area (TPSA) is 209 Å². The first kappa shape index (κ1) is 30.6. The normalized spacial score (nSPS) is 34.5. The van der Waals surface area contributed by atoms with Crippen LogP contribution in [-0.2, 0) is 37.6 Å². The van der Waals surface area contributed by atoms with E-state index in [2.05, 4.69) is 20.9 Å². The molecule has 1 aromatic carbocycles. The van der Waals surface area contributed by atoms with Crippen LogP contribution in [0.1, 0.15) is 24.6 Å². The lowest BCUT2D eigenvalue weighted by Crippen LogP contribution is -2.60. The molecular weight excluding hydrogens is 573 g/mol. The summed E-state index contributed by atoms with van der Waals surface area (Å²) in [5.74, 6) is -1.92. The summed E-state index contributed by atoms with van der Waals surface area (Å²) >= 11 is 0. The number of anilines is 2. The third kappa shape index (κ3) is 5.26. The molecule has 5 rings (SSSR count). The smallest absolute Gasteiger partial charge is 0.261 e. The molecule has 7 N–H and O–H groups in total. The van der Waals surface area contributed by atoms with Gasteiger partial charge in [-0.1, -0.05) is 12.1 Å². The van der Waals surface area contributed by atoms with Crippen molar-refractivity contribution in [2.75, 3.05) is 17.2 Å². The lowest BCUT2D eigenvalue weighted by molar-refractivity contribution is -0.274. The fourth-order valence-electron chi connectivity index (χ4n) is 6.44. The molecule has 1 spiro atoms. The van der Waals surface area contributed by atoms with Gasteiger partial charge in [-0.25, -0.2) is 0 Å². The van der Waals surface area contributed by atoms with E-state index in [4.69, 9.17) is 14.6 Å². The number of amides is 2. The Morgan fingerprint density at radius 1 is 1.21 bits per heavy atom. The minimum atomic E-state index is -3.39. The van der Waals surface area contributed by atoms with E-state index in [-0.39, 0.29) is 12.3 Å². The highest BCUT2D eigenvalue weighted by Crippen LogP contribution is 2.59. The molecule has 1 aromatic heterocycles. The zero-order valence-corrected chi connectivity index (χ0v) is 24.3. The molecule has 2 amide bonds. The van der Waals surface area contributed by atoms with E-state index in [9.17, 15) is 30.0 Å². The summed E-state index contributed by atoms with van der Waals surface area (Å²) in [4.78, 5) is 26.5. The van der Waals surface area contributed by atoms with Crippen LogP contribution in [0.4, 0.5) is 15.5 Å². The Morgan fingerprint density at radius 3 is 2.64 bits per heavy atom. The van der Waals surface area contributed by atoms with Gasteiger partial charge >= 0.3 is 0 Å². The summed E-state index contributed by atoms with van der Waals surface area (Å²) in [7, 11) is -3.39. The Balaban J connectivity index is 1.40. The van der Waals surface area contributed by atoms with Gasteiger partial charge < -0.3 is 49.7 Å². The maximum atomic E-state index is 15.9. The van der Waals surface area contributed by atoms with Gasteiger partial charge in [0.1, 0.15) is 18.3 Å². The number of halogens is 1. The van der Waals surface area contributed by atoms with Gasteiger partial charge in [-0.3, -0.25) is 14.3 Å². The highest BCUT2D eigenvalue weighted by molar-refractivity contribution is 6.72. The van der Waals surface area contributed by atoms with Crippen molar-refractivity contribution in [3.63, 3.8) is 0 Å². The Kier molecular flexibility index (Phi) is 8.27. The van der Waals surface area contributed by atoms with E-state index < -0.39 is 74.1 Å². The van der Waals surface area contributed by atoms with E-state index in [1.807, 2.05) is 0 Å². The number of benzene rings is 1. The van der Waals surface area contributed by atoms with Crippen molar-refractivity contribution in [1.29, 1.82) is 0 Å². The second-order valence-corrected chi connectivity index (χ2v) is 15.4. The summed E-state index contributed by atoms with van der Waals surface area (Å²) in [5.41, 5.74) is -0.425. The Morgan fingerprint density at radius 2 is 1.95 bits per heavy atom. The van der Waals surface area contributed by atoms with Crippen LogP contribution in [0.2, 0.25) is 18.6 Å². The number of carbonyl (C=O) groups is 2. The Bertz CT molecular complexity index is 1340. The van der Waals surface area contributed by atoms with Gasteiger partial charge in [0.2, 0.25) is 8.41 Å².